The third-order valence-corrected chi connectivity index (χ3v) is 5.06. The fraction of sp³-hybridized carbons (Fsp3) is 0.632. The summed E-state index contributed by atoms with van der Waals surface area (Å²) >= 11 is 0. The first-order chi connectivity index (χ1) is 11.7. The first-order valence-electron chi connectivity index (χ1n) is 9.12. The SMILES string of the molecule is O=C(C1CCN(CCCOc2ccc(F)cc2)CC1)N1CCCC1. The number of hydrogen-bond donors (Lipinski definition) is 0. The molecule has 0 aromatic heterocycles. The zero-order valence-corrected chi connectivity index (χ0v) is 14.3. The summed E-state index contributed by atoms with van der Waals surface area (Å²) in [5.74, 6) is 1.08. The van der Waals surface area contributed by atoms with Crippen LogP contribution in [0.15, 0.2) is 24.3 Å². The molecule has 0 atom stereocenters. The first-order valence-corrected chi connectivity index (χ1v) is 9.12. The lowest BCUT2D eigenvalue weighted by atomic mass is 9.95. The van der Waals surface area contributed by atoms with Crippen molar-refractivity contribution >= 4 is 5.91 Å². The molecule has 2 aliphatic heterocycles. The van der Waals surface area contributed by atoms with E-state index < -0.39 is 0 Å². The van der Waals surface area contributed by atoms with E-state index in [1.54, 1.807) is 12.1 Å². The van der Waals surface area contributed by atoms with Gasteiger partial charge in [-0.3, -0.25) is 4.79 Å². The van der Waals surface area contributed by atoms with Gasteiger partial charge >= 0.3 is 0 Å². The third kappa shape index (κ3) is 4.69. The van der Waals surface area contributed by atoms with Crippen LogP contribution >= 0.6 is 0 Å². The summed E-state index contributed by atoms with van der Waals surface area (Å²) in [5.41, 5.74) is 0. The van der Waals surface area contributed by atoms with Crippen LogP contribution in [0.3, 0.4) is 0 Å². The van der Waals surface area contributed by atoms with E-state index in [4.69, 9.17) is 4.74 Å². The lowest BCUT2D eigenvalue weighted by Gasteiger charge is -2.33. The van der Waals surface area contributed by atoms with Crippen LogP contribution in [0.4, 0.5) is 4.39 Å². The molecule has 1 aromatic carbocycles. The lowest BCUT2D eigenvalue weighted by molar-refractivity contribution is -0.136. The van der Waals surface area contributed by atoms with Crippen LogP contribution in [0, 0.1) is 11.7 Å². The first kappa shape index (κ1) is 17.2. The zero-order valence-electron chi connectivity index (χ0n) is 14.3. The number of halogens is 1. The Morgan fingerprint density at radius 2 is 1.75 bits per heavy atom. The van der Waals surface area contributed by atoms with Crippen molar-refractivity contribution in [3.8, 4) is 5.75 Å². The summed E-state index contributed by atoms with van der Waals surface area (Å²) in [6.07, 6.45) is 5.24. The summed E-state index contributed by atoms with van der Waals surface area (Å²) in [7, 11) is 0. The van der Waals surface area contributed by atoms with E-state index in [0.29, 0.717) is 18.3 Å². The number of rotatable bonds is 6. The number of nitrogens with zero attached hydrogens (tertiary/aromatic N) is 2. The van der Waals surface area contributed by atoms with Crippen LogP contribution < -0.4 is 4.74 Å². The van der Waals surface area contributed by atoms with E-state index in [9.17, 15) is 9.18 Å². The van der Waals surface area contributed by atoms with Crippen LogP contribution in [0.5, 0.6) is 5.75 Å². The van der Waals surface area contributed by atoms with Gasteiger partial charge in [0.15, 0.2) is 0 Å². The van der Waals surface area contributed by atoms with Gasteiger partial charge in [-0.15, -0.1) is 0 Å². The molecule has 0 aliphatic carbocycles. The van der Waals surface area contributed by atoms with E-state index in [0.717, 1.165) is 52.0 Å². The molecule has 5 heteroatoms. The van der Waals surface area contributed by atoms with Gasteiger partial charge in [-0.05, 0) is 69.5 Å². The molecule has 1 aromatic rings. The van der Waals surface area contributed by atoms with E-state index in [1.807, 2.05) is 0 Å². The molecular formula is C19H27FN2O2. The molecule has 2 saturated heterocycles. The monoisotopic (exact) mass is 334 g/mol. The molecule has 2 heterocycles. The number of piperidine rings is 1. The predicted octanol–water partition coefficient (Wildman–Crippen LogP) is 2.93. The number of amides is 1. The molecule has 0 spiro atoms. The molecule has 0 bridgehead atoms. The second-order valence-electron chi connectivity index (χ2n) is 6.80. The molecule has 0 saturated carbocycles. The van der Waals surface area contributed by atoms with Crippen molar-refractivity contribution < 1.29 is 13.9 Å². The molecular weight excluding hydrogens is 307 g/mol. The van der Waals surface area contributed by atoms with E-state index in [1.165, 1.54) is 25.0 Å². The Morgan fingerprint density at radius 1 is 1.08 bits per heavy atom. The number of hydrogen-bond acceptors (Lipinski definition) is 3. The Labute approximate surface area is 143 Å². The summed E-state index contributed by atoms with van der Waals surface area (Å²) in [6, 6.07) is 6.14. The standard InChI is InChI=1S/C19H27FN2O2/c20-17-4-6-18(7-5-17)24-15-3-10-21-13-8-16(9-14-21)19(23)22-11-1-2-12-22/h4-7,16H,1-3,8-15H2. The zero-order chi connectivity index (χ0) is 16.8. The number of benzene rings is 1. The minimum Gasteiger partial charge on any atom is -0.494 e. The Balaban J connectivity index is 1.31. The number of carbonyl (C=O) groups is 1. The summed E-state index contributed by atoms with van der Waals surface area (Å²) < 4.78 is 18.4. The van der Waals surface area contributed by atoms with Gasteiger partial charge in [0.05, 0.1) is 6.61 Å². The van der Waals surface area contributed by atoms with E-state index in [-0.39, 0.29) is 11.7 Å². The lowest BCUT2D eigenvalue weighted by Crippen LogP contribution is -2.42. The second kappa shape index (κ2) is 8.47. The van der Waals surface area contributed by atoms with Crippen molar-refractivity contribution in [3.05, 3.63) is 30.1 Å². The van der Waals surface area contributed by atoms with Crippen LogP contribution in [0.25, 0.3) is 0 Å². The molecule has 2 aliphatic rings. The van der Waals surface area contributed by atoms with Crippen molar-refractivity contribution in [2.45, 2.75) is 32.1 Å². The minimum atomic E-state index is -0.242. The molecule has 4 nitrogen and oxygen atoms in total. The Kier molecular flexibility index (Phi) is 6.07. The van der Waals surface area contributed by atoms with E-state index in [2.05, 4.69) is 9.80 Å². The highest BCUT2D eigenvalue weighted by molar-refractivity contribution is 5.79. The number of ether oxygens (including phenoxy) is 1. The van der Waals surface area contributed by atoms with Crippen LogP contribution in [-0.4, -0.2) is 55.0 Å². The van der Waals surface area contributed by atoms with Gasteiger partial charge in [-0.1, -0.05) is 0 Å². The summed E-state index contributed by atoms with van der Waals surface area (Å²) in [5, 5.41) is 0. The van der Waals surface area contributed by atoms with Gasteiger partial charge in [0.2, 0.25) is 5.91 Å². The van der Waals surface area contributed by atoms with Crippen LogP contribution in [0.1, 0.15) is 32.1 Å². The highest BCUT2D eigenvalue weighted by Gasteiger charge is 2.29. The van der Waals surface area contributed by atoms with Crippen molar-refractivity contribution in [3.63, 3.8) is 0 Å². The largest absolute Gasteiger partial charge is 0.494 e. The molecule has 0 N–H and O–H groups in total. The fourth-order valence-corrected chi connectivity index (χ4v) is 3.61. The van der Waals surface area contributed by atoms with Crippen molar-refractivity contribution in [2.24, 2.45) is 5.92 Å². The van der Waals surface area contributed by atoms with Crippen molar-refractivity contribution in [1.29, 1.82) is 0 Å². The third-order valence-electron chi connectivity index (χ3n) is 5.06. The van der Waals surface area contributed by atoms with Crippen LogP contribution in [-0.2, 0) is 4.79 Å². The average Bonchev–Trinajstić information content (AvgIpc) is 3.15. The minimum absolute atomic E-state index is 0.231. The van der Waals surface area contributed by atoms with Gasteiger partial charge in [0, 0.05) is 25.6 Å². The number of carbonyl (C=O) groups excluding carboxylic acids is 1. The highest BCUT2D eigenvalue weighted by Crippen LogP contribution is 2.22. The van der Waals surface area contributed by atoms with Crippen molar-refractivity contribution in [2.75, 3.05) is 39.3 Å². The quantitative estimate of drug-likeness (QED) is 0.750. The molecule has 2 fully saturated rings. The maximum absolute atomic E-state index is 12.8. The topological polar surface area (TPSA) is 32.8 Å². The molecule has 1 amide bonds. The molecule has 3 rings (SSSR count). The highest BCUT2D eigenvalue weighted by atomic mass is 19.1. The molecule has 24 heavy (non-hydrogen) atoms. The van der Waals surface area contributed by atoms with Crippen molar-refractivity contribution in [1.82, 2.24) is 9.80 Å². The van der Waals surface area contributed by atoms with Gasteiger partial charge in [0.1, 0.15) is 11.6 Å². The number of likely N-dealkylation sites (tertiary alicyclic amines) is 2. The molecule has 132 valence electrons. The van der Waals surface area contributed by atoms with Gasteiger partial charge in [-0.25, -0.2) is 4.39 Å². The average molecular weight is 334 g/mol. The Morgan fingerprint density at radius 3 is 2.42 bits per heavy atom. The summed E-state index contributed by atoms with van der Waals surface area (Å²) in [6.45, 7) is 5.55. The molecule has 0 radical (unpaired) electrons. The molecule has 0 unspecified atom stereocenters. The summed E-state index contributed by atoms with van der Waals surface area (Å²) in [4.78, 5) is 16.9. The smallest absolute Gasteiger partial charge is 0.225 e. The predicted molar refractivity (Wildman–Crippen MR) is 91.5 cm³/mol. The van der Waals surface area contributed by atoms with Gasteiger partial charge < -0.3 is 14.5 Å². The van der Waals surface area contributed by atoms with Gasteiger partial charge in [0.25, 0.3) is 0 Å². The Bertz CT molecular complexity index is 521. The fourth-order valence-electron chi connectivity index (χ4n) is 3.61. The maximum Gasteiger partial charge on any atom is 0.225 e. The van der Waals surface area contributed by atoms with Gasteiger partial charge in [-0.2, -0.15) is 0 Å². The Hall–Kier alpha value is -1.62. The second-order valence-corrected chi connectivity index (χ2v) is 6.80. The van der Waals surface area contributed by atoms with Crippen LogP contribution in [0.2, 0.25) is 0 Å². The maximum atomic E-state index is 12.8. The normalized spacial score (nSPS) is 19.6. The van der Waals surface area contributed by atoms with E-state index >= 15 is 0 Å².